The zero-order valence-electron chi connectivity index (χ0n) is 20.8. The molecule has 10 heteroatoms. The van der Waals surface area contributed by atoms with Gasteiger partial charge in [0.15, 0.2) is 0 Å². The summed E-state index contributed by atoms with van der Waals surface area (Å²) < 4.78 is 3.02. The van der Waals surface area contributed by atoms with Crippen molar-refractivity contribution in [1.29, 1.82) is 0 Å². The molecule has 0 fully saturated rings. The lowest BCUT2D eigenvalue weighted by Crippen LogP contribution is -2.23. The highest BCUT2D eigenvalue weighted by atomic mass is 35.5. The van der Waals surface area contributed by atoms with E-state index in [9.17, 15) is 19.5 Å². The average molecular weight is 542 g/mol. The third-order valence-electron chi connectivity index (χ3n) is 6.23. The number of hydrogen-bond acceptors (Lipinski definition) is 5. The maximum Gasteiger partial charge on any atom is 0.325 e. The first-order chi connectivity index (χ1) is 18.9. The Morgan fingerprint density at radius 3 is 2.51 bits per heavy atom. The Labute approximate surface area is 228 Å². The maximum absolute atomic E-state index is 12.9. The number of hydrogen-bond donors (Lipinski definition) is 2. The molecule has 0 bridgehead atoms. The molecule has 5 aromatic rings. The Kier molecular flexibility index (Phi) is 7.51. The van der Waals surface area contributed by atoms with Crippen molar-refractivity contribution < 1.29 is 14.7 Å². The second-order valence-corrected chi connectivity index (χ2v) is 9.52. The number of halogens is 1. The van der Waals surface area contributed by atoms with Crippen LogP contribution in [0.25, 0.3) is 10.9 Å². The largest absolute Gasteiger partial charge is 0.480 e. The van der Waals surface area contributed by atoms with Gasteiger partial charge in [-0.05, 0) is 53.4 Å². The number of fused-ring (bicyclic) bond motifs is 1. The van der Waals surface area contributed by atoms with Gasteiger partial charge in [-0.3, -0.25) is 24.0 Å². The van der Waals surface area contributed by atoms with Crippen LogP contribution in [-0.4, -0.2) is 36.3 Å². The molecule has 0 aliphatic carbocycles. The van der Waals surface area contributed by atoms with Crippen LogP contribution in [0.15, 0.2) is 90.1 Å². The third-order valence-corrected chi connectivity index (χ3v) is 6.47. The molecule has 3 aromatic heterocycles. The fourth-order valence-electron chi connectivity index (χ4n) is 4.36. The van der Waals surface area contributed by atoms with Crippen molar-refractivity contribution in [2.24, 2.45) is 0 Å². The van der Waals surface area contributed by atoms with Crippen molar-refractivity contribution in [3.8, 4) is 0 Å². The molecular formula is C29H24ClN5O4. The molecule has 5 rings (SSSR count). The van der Waals surface area contributed by atoms with Crippen LogP contribution in [0, 0.1) is 0 Å². The van der Waals surface area contributed by atoms with Crippen LogP contribution in [0.2, 0.25) is 5.02 Å². The molecule has 0 spiro atoms. The second-order valence-electron chi connectivity index (χ2n) is 9.08. The molecule has 0 atom stereocenters. The number of aliphatic carboxylic acids is 1. The number of amides is 1. The fourth-order valence-corrected chi connectivity index (χ4v) is 4.53. The minimum Gasteiger partial charge on any atom is -0.480 e. The summed E-state index contributed by atoms with van der Waals surface area (Å²) in [6.45, 7) is 0.287. The standard InChI is InChI=1S/C29H24ClN5O4/c30-23-8-9-26-24(13-23)25(33-35(26)18-28(37)38)16-32-29(39)22-12-21(14-31-15-22)11-19-4-6-20(7-5-19)17-34-10-2-1-3-27(34)36/h1-10,12-15H,11,16-18H2,(H,32,39)(H,37,38). The quantitative estimate of drug-likeness (QED) is 0.292. The first-order valence-corrected chi connectivity index (χ1v) is 12.6. The lowest BCUT2D eigenvalue weighted by molar-refractivity contribution is -0.137. The summed E-state index contributed by atoms with van der Waals surface area (Å²) >= 11 is 6.14. The smallest absolute Gasteiger partial charge is 0.325 e. The van der Waals surface area contributed by atoms with E-state index in [4.69, 9.17) is 11.6 Å². The van der Waals surface area contributed by atoms with Crippen LogP contribution in [0.1, 0.15) is 32.7 Å². The molecule has 3 heterocycles. The first kappa shape index (κ1) is 25.9. The zero-order valence-corrected chi connectivity index (χ0v) is 21.5. The molecule has 0 aliphatic rings. The highest BCUT2D eigenvalue weighted by molar-refractivity contribution is 6.31. The van der Waals surface area contributed by atoms with E-state index in [1.165, 1.54) is 16.9 Å². The monoisotopic (exact) mass is 541 g/mol. The van der Waals surface area contributed by atoms with Crippen molar-refractivity contribution in [3.63, 3.8) is 0 Å². The van der Waals surface area contributed by atoms with Gasteiger partial charge in [-0.1, -0.05) is 41.9 Å². The van der Waals surface area contributed by atoms with E-state index in [1.54, 1.807) is 47.3 Å². The molecule has 2 aromatic carbocycles. The predicted molar refractivity (Wildman–Crippen MR) is 147 cm³/mol. The number of carboxylic acid groups (broad SMARTS) is 1. The number of pyridine rings is 2. The molecule has 0 saturated heterocycles. The average Bonchev–Trinajstić information content (AvgIpc) is 3.25. The minimum atomic E-state index is -1.02. The van der Waals surface area contributed by atoms with Gasteiger partial charge < -0.3 is 15.0 Å². The van der Waals surface area contributed by atoms with Crippen LogP contribution in [0.3, 0.4) is 0 Å². The van der Waals surface area contributed by atoms with Crippen molar-refractivity contribution in [2.45, 2.75) is 26.1 Å². The number of carbonyl (C=O) groups is 2. The number of nitrogens with one attached hydrogen (secondary N) is 1. The Bertz CT molecular complexity index is 1730. The molecule has 196 valence electrons. The second kappa shape index (κ2) is 11.3. The summed E-state index contributed by atoms with van der Waals surface area (Å²) in [5, 5.41) is 17.6. The molecule has 9 nitrogen and oxygen atoms in total. The lowest BCUT2D eigenvalue weighted by atomic mass is 10.0. The molecule has 2 N–H and O–H groups in total. The number of rotatable bonds is 9. The molecular weight excluding hydrogens is 518 g/mol. The van der Waals surface area contributed by atoms with Gasteiger partial charge >= 0.3 is 5.97 Å². The van der Waals surface area contributed by atoms with Crippen LogP contribution >= 0.6 is 11.6 Å². The molecule has 0 radical (unpaired) electrons. The Balaban J connectivity index is 1.25. The van der Waals surface area contributed by atoms with Gasteiger partial charge in [0.2, 0.25) is 0 Å². The van der Waals surface area contributed by atoms with Gasteiger partial charge in [-0.25, -0.2) is 0 Å². The number of carbonyl (C=O) groups excluding carboxylic acids is 1. The van der Waals surface area contributed by atoms with Crippen LogP contribution < -0.4 is 10.9 Å². The van der Waals surface area contributed by atoms with E-state index >= 15 is 0 Å². The summed E-state index contributed by atoms with van der Waals surface area (Å²) in [7, 11) is 0. The van der Waals surface area contributed by atoms with Crippen molar-refractivity contribution in [1.82, 2.24) is 24.6 Å². The van der Waals surface area contributed by atoms with E-state index in [2.05, 4.69) is 15.4 Å². The molecule has 39 heavy (non-hydrogen) atoms. The third kappa shape index (κ3) is 6.22. The highest BCUT2D eigenvalue weighted by Gasteiger charge is 2.15. The van der Waals surface area contributed by atoms with Gasteiger partial charge in [-0.2, -0.15) is 5.10 Å². The van der Waals surface area contributed by atoms with Gasteiger partial charge in [0, 0.05) is 35.1 Å². The number of benzene rings is 2. The topological polar surface area (TPSA) is 119 Å². The van der Waals surface area contributed by atoms with E-state index in [-0.39, 0.29) is 24.6 Å². The maximum atomic E-state index is 12.9. The van der Waals surface area contributed by atoms with Crippen molar-refractivity contribution >= 4 is 34.4 Å². The van der Waals surface area contributed by atoms with Gasteiger partial charge in [0.25, 0.3) is 11.5 Å². The van der Waals surface area contributed by atoms with E-state index in [1.807, 2.05) is 30.3 Å². The SMILES string of the molecule is O=C(O)Cn1nc(CNC(=O)c2cncc(Cc3ccc(Cn4ccccc4=O)cc3)c2)c2cc(Cl)ccc21. The van der Waals surface area contributed by atoms with Crippen LogP contribution in [0.4, 0.5) is 0 Å². The van der Waals surface area contributed by atoms with E-state index < -0.39 is 5.97 Å². The lowest BCUT2D eigenvalue weighted by Gasteiger charge is -2.08. The molecule has 0 saturated carbocycles. The summed E-state index contributed by atoms with van der Waals surface area (Å²) in [4.78, 5) is 40.3. The zero-order chi connectivity index (χ0) is 27.4. The highest BCUT2D eigenvalue weighted by Crippen LogP contribution is 2.23. The van der Waals surface area contributed by atoms with E-state index in [0.717, 1.165) is 16.7 Å². The summed E-state index contributed by atoms with van der Waals surface area (Å²) in [6, 6.07) is 19.9. The Hall–Kier alpha value is -4.76. The van der Waals surface area contributed by atoms with Gasteiger partial charge in [0.1, 0.15) is 6.54 Å². The molecule has 0 aliphatic heterocycles. The van der Waals surface area contributed by atoms with Crippen LogP contribution in [0.5, 0.6) is 0 Å². The summed E-state index contributed by atoms with van der Waals surface area (Å²) in [5.74, 6) is -1.34. The number of carboxylic acids is 1. The minimum absolute atomic E-state index is 0.0478. The number of nitrogens with zero attached hydrogens (tertiary/aromatic N) is 4. The number of aromatic nitrogens is 4. The fraction of sp³-hybridized carbons (Fsp3) is 0.138. The Morgan fingerprint density at radius 2 is 1.74 bits per heavy atom. The molecule has 1 amide bonds. The Morgan fingerprint density at radius 1 is 0.949 bits per heavy atom. The van der Waals surface area contributed by atoms with Crippen LogP contribution in [-0.2, 0) is 30.8 Å². The first-order valence-electron chi connectivity index (χ1n) is 12.2. The molecule has 0 unspecified atom stereocenters. The van der Waals surface area contributed by atoms with E-state index in [0.29, 0.717) is 40.1 Å². The van der Waals surface area contributed by atoms with Gasteiger partial charge in [-0.15, -0.1) is 0 Å². The van der Waals surface area contributed by atoms with Gasteiger partial charge in [0.05, 0.1) is 29.9 Å². The summed E-state index contributed by atoms with van der Waals surface area (Å²) in [5.41, 5.74) is 4.43. The van der Waals surface area contributed by atoms with Crippen molar-refractivity contribution in [3.05, 3.63) is 129 Å². The van der Waals surface area contributed by atoms with Crippen molar-refractivity contribution in [2.75, 3.05) is 0 Å². The summed E-state index contributed by atoms with van der Waals surface area (Å²) in [6.07, 6.45) is 5.56. The normalized spacial score (nSPS) is 11.0. The predicted octanol–water partition coefficient (Wildman–Crippen LogP) is 3.90.